The first-order valence-corrected chi connectivity index (χ1v) is 28.1. The fourth-order valence-electron chi connectivity index (χ4n) is 8.95. The van der Waals surface area contributed by atoms with Crippen LogP contribution < -0.4 is 16.0 Å². The molecule has 0 aromatic rings. The summed E-state index contributed by atoms with van der Waals surface area (Å²) in [5.74, 6) is -5.53. The number of ketones is 3. The fraction of sp³-hybridized carbons (Fsp3) is 0.836. The lowest BCUT2D eigenvalue weighted by molar-refractivity contribution is -0.145. The van der Waals surface area contributed by atoms with Gasteiger partial charge in [-0.05, 0) is 77.0 Å². The molecule has 1 rings (SSSR count). The lowest BCUT2D eigenvalue weighted by atomic mass is 9.78. The third-order valence-corrected chi connectivity index (χ3v) is 13.4. The number of rotatable bonds is 52. The van der Waals surface area contributed by atoms with Crippen LogP contribution in [0.3, 0.4) is 0 Å². The Morgan fingerprint density at radius 1 is 0.473 bits per heavy atom. The van der Waals surface area contributed by atoms with Crippen LogP contribution in [0.4, 0.5) is 0 Å². The first kappa shape index (κ1) is 67.7. The highest BCUT2D eigenvalue weighted by Gasteiger charge is 2.31. The van der Waals surface area contributed by atoms with Crippen LogP contribution in [0.15, 0.2) is 0 Å². The van der Waals surface area contributed by atoms with Crippen LogP contribution in [-0.4, -0.2) is 140 Å². The van der Waals surface area contributed by atoms with Crippen molar-refractivity contribution in [2.75, 3.05) is 65.9 Å². The van der Waals surface area contributed by atoms with Gasteiger partial charge < -0.3 is 50.2 Å². The number of Topliss-reactive ketones (excluding diaryl/α,β-unsaturated/α-hetero) is 3. The standard InChI is InChI=1S/C55H95N3O16/c1-2-56-52(64)42-74-38-36-71-33-19-21-46(59)41-73-37-35-72-34-20-22-48(60)47(30-32-54(67)68)58-51(63)31-29-45(55(69)70)39-49(61)44-27-25-43(26-28-44)40-57-50(62)23-17-15-13-11-9-7-5-3-4-6-8-10-12-14-16-18-24-53(65)66/h43-45,47H,2-42H2,1H3,(H,56,64)(H,57,62)(H,58,63)(H,65,66)(H,67,68)(H,69,70). The maximum Gasteiger partial charge on any atom is 0.306 e. The summed E-state index contributed by atoms with van der Waals surface area (Å²) in [6, 6.07) is -1.08. The van der Waals surface area contributed by atoms with Crippen LogP contribution in [0.5, 0.6) is 0 Å². The molecule has 0 aromatic heterocycles. The van der Waals surface area contributed by atoms with Gasteiger partial charge in [0.15, 0.2) is 11.6 Å². The Balaban J connectivity index is 2.20. The summed E-state index contributed by atoms with van der Waals surface area (Å²) in [7, 11) is 0. The number of nitrogens with one attached hydrogen (secondary N) is 3. The van der Waals surface area contributed by atoms with E-state index in [9.17, 15) is 53.4 Å². The predicted octanol–water partition coefficient (Wildman–Crippen LogP) is 7.71. The molecule has 1 aliphatic rings. The number of carbonyl (C=O) groups excluding carboxylic acids is 6. The highest BCUT2D eigenvalue weighted by molar-refractivity contribution is 5.90. The second-order valence-electron chi connectivity index (χ2n) is 19.9. The SMILES string of the molecule is CCNC(=O)COCCOCCCC(=O)COCCOCCCC(=O)C(CCC(=O)O)NC(=O)CCC(CC(=O)C1CCC(CNC(=O)CCCCCCCCCCCCCCCCCCC(=O)O)CC1)C(=O)O. The van der Waals surface area contributed by atoms with E-state index >= 15 is 0 Å². The van der Waals surface area contributed by atoms with E-state index in [1.165, 1.54) is 64.2 Å². The van der Waals surface area contributed by atoms with Gasteiger partial charge in [0.2, 0.25) is 17.7 Å². The van der Waals surface area contributed by atoms with Crippen molar-refractivity contribution in [1.82, 2.24) is 16.0 Å². The van der Waals surface area contributed by atoms with Gasteiger partial charge in [0, 0.05) is 77.2 Å². The van der Waals surface area contributed by atoms with Crippen LogP contribution in [-0.2, 0) is 62.1 Å². The summed E-state index contributed by atoms with van der Waals surface area (Å²) in [6.07, 6.45) is 22.1. The second-order valence-corrected chi connectivity index (χ2v) is 19.9. The lowest BCUT2D eigenvalue weighted by Crippen LogP contribution is -2.41. The highest BCUT2D eigenvalue weighted by atomic mass is 16.5. The van der Waals surface area contributed by atoms with Crippen molar-refractivity contribution >= 4 is 53.0 Å². The molecule has 2 unspecified atom stereocenters. The highest BCUT2D eigenvalue weighted by Crippen LogP contribution is 2.31. The van der Waals surface area contributed by atoms with Crippen LogP contribution >= 0.6 is 0 Å². The average Bonchev–Trinajstić information content (AvgIpc) is 3.36. The molecule has 0 saturated heterocycles. The minimum atomic E-state index is -1.19. The number of ether oxygens (including phenoxy) is 4. The Bertz CT molecular complexity index is 1590. The summed E-state index contributed by atoms with van der Waals surface area (Å²) >= 11 is 0. The van der Waals surface area contributed by atoms with Gasteiger partial charge in [0.25, 0.3) is 0 Å². The number of carboxylic acid groups (broad SMARTS) is 3. The van der Waals surface area contributed by atoms with Gasteiger partial charge >= 0.3 is 17.9 Å². The topological polar surface area (TPSA) is 287 Å². The van der Waals surface area contributed by atoms with Crippen molar-refractivity contribution in [3.63, 3.8) is 0 Å². The Morgan fingerprint density at radius 2 is 0.973 bits per heavy atom. The van der Waals surface area contributed by atoms with E-state index in [2.05, 4.69) is 16.0 Å². The number of amides is 3. The minimum absolute atomic E-state index is 0.000328. The van der Waals surface area contributed by atoms with Gasteiger partial charge in [-0.3, -0.25) is 43.2 Å². The molecule has 2 atom stereocenters. The Morgan fingerprint density at radius 3 is 1.50 bits per heavy atom. The van der Waals surface area contributed by atoms with Crippen molar-refractivity contribution in [3.8, 4) is 0 Å². The van der Waals surface area contributed by atoms with Crippen molar-refractivity contribution in [1.29, 1.82) is 0 Å². The van der Waals surface area contributed by atoms with E-state index in [-0.39, 0.29) is 132 Å². The van der Waals surface area contributed by atoms with Crippen LogP contribution in [0, 0.1) is 17.8 Å². The third-order valence-electron chi connectivity index (χ3n) is 13.4. The van der Waals surface area contributed by atoms with Gasteiger partial charge in [-0.15, -0.1) is 0 Å². The molecule has 6 N–H and O–H groups in total. The molecule has 426 valence electrons. The molecular formula is C55H95N3O16. The molecule has 3 amide bonds. The summed E-state index contributed by atoms with van der Waals surface area (Å²) in [5, 5.41) is 36.1. The smallest absolute Gasteiger partial charge is 0.306 e. The molecule has 0 aliphatic heterocycles. The minimum Gasteiger partial charge on any atom is -0.481 e. The summed E-state index contributed by atoms with van der Waals surface area (Å²) in [4.78, 5) is 109. The van der Waals surface area contributed by atoms with Crippen molar-refractivity contribution in [2.45, 2.75) is 212 Å². The molecule has 1 aliphatic carbocycles. The molecule has 0 aromatic carbocycles. The molecule has 0 spiro atoms. The molecule has 1 fully saturated rings. The molecule has 19 nitrogen and oxygen atoms in total. The molecule has 1 saturated carbocycles. The Labute approximate surface area is 440 Å². The molecule has 0 radical (unpaired) electrons. The zero-order valence-corrected chi connectivity index (χ0v) is 44.9. The number of likely N-dealkylation sites (N-methyl/N-ethyl adjacent to an activating group) is 1. The summed E-state index contributed by atoms with van der Waals surface area (Å²) in [6.45, 7) is 4.30. The van der Waals surface area contributed by atoms with Gasteiger partial charge in [0.1, 0.15) is 19.0 Å². The summed E-state index contributed by atoms with van der Waals surface area (Å²) < 4.78 is 21.4. The molecule has 19 heteroatoms. The van der Waals surface area contributed by atoms with Crippen molar-refractivity contribution in [3.05, 3.63) is 0 Å². The largest absolute Gasteiger partial charge is 0.481 e. The Hall–Kier alpha value is -4.33. The number of hydrogen-bond acceptors (Lipinski definition) is 13. The average molecular weight is 1050 g/mol. The number of aliphatic carboxylic acids is 3. The fourth-order valence-corrected chi connectivity index (χ4v) is 8.95. The molecule has 0 bridgehead atoms. The van der Waals surface area contributed by atoms with E-state index in [1.807, 2.05) is 6.92 Å². The van der Waals surface area contributed by atoms with E-state index in [4.69, 9.17) is 24.1 Å². The first-order valence-electron chi connectivity index (χ1n) is 28.1. The zero-order chi connectivity index (χ0) is 54.4. The van der Waals surface area contributed by atoms with E-state index < -0.39 is 35.8 Å². The Kier molecular flexibility index (Phi) is 42.1. The normalized spacial score (nSPS) is 15.2. The molecule has 0 heterocycles. The molecule has 74 heavy (non-hydrogen) atoms. The predicted molar refractivity (Wildman–Crippen MR) is 278 cm³/mol. The zero-order valence-electron chi connectivity index (χ0n) is 44.9. The van der Waals surface area contributed by atoms with Gasteiger partial charge in [-0.1, -0.05) is 89.9 Å². The number of carboxylic acids is 3. The monoisotopic (exact) mass is 1050 g/mol. The maximum absolute atomic E-state index is 13.2. The number of carbonyl (C=O) groups is 9. The van der Waals surface area contributed by atoms with Crippen molar-refractivity contribution in [2.24, 2.45) is 17.8 Å². The first-order chi connectivity index (χ1) is 35.7. The third kappa shape index (κ3) is 40.0. The number of unbranched alkanes of at least 4 members (excludes halogenated alkanes) is 15. The van der Waals surface area contributed by atoms with Crippen molar-refractivity contribution < 1.29 is 77.4 Å². The summed E-state index contributed by atoms with van der Waals surface area (Å²) in [5.41, 5.74) is 0. The van der Waals surface area contributed by atoms with Gasteiger partial charge in [0.05, 0.1) is 38.4 Å². The molecular weight excluding hydrogens is 959 g/mol. The quantitative estimate of drug-likeness (QED) is 0.0318. The lowest BCUT2D eigenvalue weighted by Gasteiger charge is -2.28. The maximum atomic E-state index is 13.2. The van der Waals surface area contributed by atoms with Crippen LogP contribution in [0.2, 0.25) is 0 Å². The van der Waals surface area contributed by atoms with Crippen LogP contribution in [0.1, 0.15) is 206 Å². The number of hydrogen-bond donors (Lipinski definition) is 6. The van der Waals surface area contributed by atoms with E-state index in [0.717, 1.165) is 51.4 Å². The van der Waals surface area contributed by atoms with Gasteiger partial charge in [-0.2, -0.15) is 0 Å². The van der Waals surface area contributed by atoms with E-state index in [1.54, 1.807) is 0 Å². The second kappa shape index (κ2) is 46.0. The van der Waals surface area contributed by atoms with Crippen LogP contribution in [0.25, 0.3) is 0 Å². The van der Waals surface area contributed by atoms with E-state index in [0.29, 0.717) is 58.4 Å². The van der Waals surface area contributed by atoms with Gasteiger partial charge in [-0.25, -0.2) is 0 Å².